The Morgan fingerprint density at radius 1 is 1.18 bits per heavy atom. The van der Waals surface area contributed by atoms with Crippen LogP contribution in [0.5, 0.6) is 0 Å². The highest BCUT2D eigenvalue weighted by molar-refractivity contribution is 6.13. The fourth-order valence-corrected chi connectivity index (χ4v) is 2.70. The highest BCUT2D eigenvalue weighted by atomic mass is 35.5. The molecule has 7 nitrogen and oxygen atoms in total. The van der Waals surface area contributed by atoms with Gasteiger partial charge in [0.25, 0.3) is 5.91 Å². The van der Waals surface area contributed by atoms with Crippen LogP contribution in [-0.4, -0.2) is 51.0 Å². The molecule has 0 saturated carbocycles. The van der Waals surface area contributed by atoms with E-state index >= 15 is 0 Å². The lowest BCUT2D eigenvalue weighted by atomic mass is 10.2. The molecule has 2 fully saturated rings. The van der Waals surface area contributed by atoms with Gasteiger partial charge in [0.05, 0.1) is 13.2 Å². The summed E-state index contributed by atoms with van der Waals surface area (Å²) in [6, 6.07) is 7.24. The van der Waals surface area contributed by atoms with Crippen LogP contribution in [0.1, 0.15) is 0 Å². The van der Waals surface area contributed by atoms with Crippen molar-refractivity contribution in [2.75, 3.05) is 42.6 Å². The van der Waals surface area contributed by atoms with Crippen molar-refractivity contribution in [1.82, 2.24) is 4.84 Å². The average Bonchev–Trinajstić information content (AvgIpc) is 2.89. The van der Waals surface area contributed by atoms with E-state index in [0.29, 0.717) is 26.2 Å². The summed E-state index contributed by atoms with van der Waals surface area (Å²) in [4.78, 5) is 29.3. The lowest BCUT2D eigenvalue weighted by molar-refractivity contribution is -0.125. The molecule has 2 saturated heterocycles. The van der Waals surface area contributed by atoms with Crippen LogP contribution in [0.25, 0.3) is 0 Å². The van der Waals surface area contributed by atoms with Crippen LogP contribution in [0.4, 0.5) is 16.2 Å². The lowest BCUT2D eigenvalue weighted by Gasteiger charge is -2.27. The van der Waals surface area contributed by atoms with E-state index < -0.39 is 6.09 Å². The molecule has 2 aliphatic rings. The maximum absolute atomic E-state index is 11.9. The largest absolute Gasteiger partial charge is 0.443 e. The molecule has 0 radical (unpaired) electrons. The zero-order valence-corrected chi connectivity index (χ0v) is 12.6. The topological polar surface area (TPSA) is 71.1 Å². The minimum absolute atomic E-state index is 0.0622. The number of hydrogen-bond donors (Lipinski definition) is 1. The number of carbonyl (C=O) groups excluding carboxylic acids is 2. The standard InChI is InChI=1S/C14H16ClN3O4/c15-16-7-12-8-18(14(20)22-12)11-3-1-10(2-4-11)17-5-6-21-9-13(17)19/h1-4,12,16H,5-9H2/t12-/m0/s1. The number of anilines is 2. The first-order valence-corrected chi connectivity index (χ1v) is 7.36. The van der Waals surface area contributed by atoms with Crippen molar-refractivity contribution >= 4 is 35.2 Å². The van der Waals surface area contributed by atoms with Gasteiger partial charge in [-0.05, 0) is 36.0 Å². The molecule has 22 heavy (non-hydrogen) atoms. The number of ether oxygens (including phenoxy) is 2. The van der Waals surface area contributed by atoms with Crippen LogP contribution in [-0.2, 0) is 14.3 Å². The highest BCUT2D eigenvalue weighted by Crippen LogP contribution is 2.25. The molecule has 1 aromatic rings. The van der Waals surface area contributed by atoms with Gasteiger partial charge in [0.15, 0.2) is 0 Å². The van der Waals surface area contributed by atoms with Crippen LogP contribution in [0, 0.1) is 0 Å². The molecule has 0 spiro atoms. The maximum Gasteiger partial charge on any atom is 0.414 e. The summed E-state index contributed by atoms with van der Waals surface area (Å²) in [6.45, 7) is 2.00. The molecule has 0 bridgehead atoms. The van der Waals surface area contributed by atoms with Gasteiger partial charge < -0.3 is 14.4 Å². The van der Waals surface area contributed by atoms with Crippen LogP contribution >= 0.6 is 11.8 Å². The zero-order valence-electron chi connectivity index (χ0n) is 11.8. The van der Waals surface area contributed by atoms with Crippen LogP contribution in [0.2, 0.25) is 0 Å². The summed E-state index contributed by atoms with van der Waals surface area (Å²) in [6.07, 6.45) is -0.669. The summed E-state index contributed by atoms with van der Waals surface area (Å²) in [5.41, 5.74) is 1.52. The Kier molecular flexibility index (Phi) is 4.47. The first-order valence-electron chi connectivity index (χ1n) is 6.99. The number of hydrogen-bond acceptors (Lipinski definition) is 5. The normalized spacial score (nSPS) is 22.1. The van der Waals surface area contributed by atoms with Crippen LogP contribution in [0.15, 0.2) is 24.3 Å². The quantitative estimate of drug-likeness (QED) is 0.840. The fourth-order valence-electron chi connectivity index (χ4n) is 2.53. The Labute approximate surface area is 132 Å². The number of nitrogens with one attached hydrogen (secondary N) is 1. The summed E-state index contributed by atoms with van der Waals surface area (Å²) < 4.78 is 10.3. The lowest BCUT2D eigenvalue weighted by Crippen LogP contribution is -2.41. The molecule has 2 aliphatic heterocycles. The number of amides is 2. The number of morpholine rings is 1. The summed E-state index contributed by atoms with van der Waals surface area (Å²) in [5.74, 6) is -0.0622. The van der Waals surface area contributed by atoms with Crippen LogP contribution < -0.4 is 14.6 Å². The van der Waals surface area contributed by atoms with E-state index in [0.717, 1.165) is 11.4 Å². The smallest absolute Gasteiger partial charge is 0.414 e. The monoisotopic (exact) mass is 325 g/mol. The van der Waals surface area contributed by atoms with Gasteiger partial charge in [0.1, 0.15) is 12.7 Å². The van der Waals surface area contributed by atoms with Crippen molar-refractivity contribution in [3.63, 3.8) is 0 Å². The summed E-state index contributed by atoms with van der Waals surface area (Å²) in [7, 11) is 0. The van der Waals surface area contributed by atoms with E-state index in [1.807, 2.05) is 12.1 Å². The van der Waals surface area contributed by atoms with Gasteiger partial charge in [-0.3, -0.25) is 9.69 Å². The average molecular weight is 326 g/mol. The molecule has 0 unspecified atom stereocenters. The number of carbonyl (C=O) groups is 2. The van der Waals surface area contributed by atoms with E-state index in [1.54, 1.807) is 21.9 Å². The number of nitrogens with zero attached hydrogens (tertiary/aromatic N) is 2. The first-order chi connectivity index (χ1) is 10.7. The Hall–Kier alpha value is -1.83. The molecule has 1 aromatic carbocycles. The molecule has 3 rings (SSSR count). The highest BCUT2D eigenvalue weighted by Gasteiger charge is 2.32. The van der Waals surface area contributed by atoms with E-state index in [-0.39, 0.29) is 18.6 Å². The van der Waals surface area contributed by atoms with Crippen molar-refractivity contribution in [1.29, 1.82) is 0 Å². The molecule has 0 aliphatic carbocycles. The Morgan fingerprint density at radius 3 is 2.50 bits per heavy atom. The van der Waals surface area contributed by atoms with Crippen molar-refractivity contribution in [2.45, 2.75) is 6.10 Å². The van der Waals surface area contributed by atoms with E-state index in [9.17, 15) is 9.59 Å². The predicted octanol–water partition coefficient (Wildman–Crippen LogP) is 1.12. The third-order valence-electron chi connectivity index (χ3n) is 3.64. The van der Waals surface area contributed by atoms with Crippen molar-refractivity contribution in [3.8, 4) is 0 Å². The minimum atomic E-state index is -0.396. The molecule has 8 heteroatoms. The Morgan fingerprint density at radius 2 is 1.86 bits per heavy atom. The van der Waals surface area contributed by atoms with Crippen molar-refractivity contribution < 1.29 is 19.1 Å². The fraction of sp³-hybridized carbons (Fsp3) is 0.429. The van der Waals surface area contributed by atoms with Gasteiger partial charge in [0.2, 0.25) is 0 Å². The van der Waals surface area contributed by atoms with E-state index in [1.165, 1.54) is 0 Å². The maximum atomic E-state index is 11.9. The predicted molar refractivity (Wildman–Crippen MR) is 81.1 cm³/mol. The Bertz CT molecular complexity index is 566. The second-order valence-corrected chi connectivity index (χ2v) is 5.34. The molecular weight excluding hydrogens is 310 g/mol. The van der Waals surface area contributed by atoms with Gasteiger partial charge in [-0.15, -0.1) is 0 Å². The van der Waals surface area contributed by atoms with E-state index in [2.05, 4.69) is 4.84 Å². The molecule has 0 aromatic heterocycles. The molecule has 1 atom stereocenters. The number of rotatable bonds is 4. The zero-order chi connectivity index (χ0) is 15.5. The van der Waals surface area contributed by atoms with Crippen molar-refractivity contribution in [3.05, 3.63) is 24.3 Å². The van der Waals surface area contributed by atoms with Gasteiger partial charge >= 0.3 is 6.09 Å². The number of halogens is 1. The van der Waals surface area contributed by atoms with E-state index in [4.69, 9.17) is 21.3 Å². The molecule has 2 amide bonds. The second kappa shape index (κ2) is 6.51. The molecular formula is C14H16ClN3O4. The summed E-state index contributed by atoms with van der Waals surface area (Å²) >= 11 is 5.44. The third kappa shape index (κ3) is 3.01. The summed E-state index contributed by atoms with van der Waals surface area (Å²) in [5, 5.41) is 0. The molecule has 1 N–H and O–H groups in total. The van der Waals surface area contributed by atoms with Gasteiger partial charge in [-0.1, -0.05) is 0 Å². The second-order valence-electron chi connectivity index (χ2n) is 5.07. The van der Waals surface area contributed by atoms with Crippen LogP contribution in [0.3, 0.4) is 0 Å². The van der Waals surface area contributed by atoms with Crippen molar-refractivity contribution in [2.24, 2.45) is 0 Å². The Balaban J connectivity index is 1.71. The van der Waals surface area contributed by atoms with Gasteiger partial charge in [-0.2, -0.15) is 0 Å². The van der Waals surface area contributed by atoms with Gasteiger partial charge in [0, 0.05) is 24.5 Å². The minimum Gasteiger partial charge on any atom is -0.443 e. The number of cyclic esters (lactones) is 1. The van der Waals surface area contributed by atoms with Gasteiger partial charge in [-0.25, -0.2) is 9.63 Å². The molecule has 2 heterocycles. The SMILES string of the molecule is O=C1COCCN1c1ccc(N2C[C@H](CNCl)OC2=O)cc1. The number of benzene rings is 1. The first kappa shape index (κ1) is 15.1. The molecule has 118 valence electrons. The third-order valence-corrected chi connectivity index (χ3v) is 3.79.